The van der Waals surface area contributed by atoms with Crippen LogP contribution in [0, 0.1) is 0 Å². The minimum atomic E-state index is -0.592. The van der Waals surface area contributed by atoms with Gasteiger partial charge in [-0.2, -0.15) is 0 Å². The van der Waals surface area contributed by atoms with E-state index < -0.39 is 12.1 Å². The average Bonchev–Trinajstić information content (AvgIpc) is 3.71. The van der Waals surface area contributed by atoms with E-state index in [1.807, 2.05) is 48.5 Å². The van der Waals surface area contributed by atoms with Crippen LogP contribution in [0.1, 0.15) is 11.1 Å². The Balaban J connectivity index is 1.11. The molecular weight excluding hydrogens is 412 g/mol. The van der Waals surface area contributed by atoms with E-state index in [4.69, 9.17) is 18.9 Å². The number of carbonyl (C=O) groups excluding carboxylic acids is 2. The van der Waals surface area contributed by atoms with Crippen LogP contribution < -0.4 is 20.1 Å². The van der Waals surface area contributed by atoms with E-state index in [0.717, 1.165) is 35.8 Å². The van der Waals surface area contributed by atoms with E-state index in [9.17, 15) is 9.59 Å². The van der Waals surface area contributed by atoms with Crippen molar-refractivity contribution in [2.24, 2.45) is 0 Å². The minimum absolute atomic E-state index is 0.176. The molecular formula is C24H26N2O6. The Morgan fingerprint density at radius 3 is 1.41 bits per heavy atom. The number of amides is 2. The summed E-state index contributed by atoms with van der Waals surface area (Å²) >= 11 is 0. The van der Waals surface area contributed by atoms with Gasteiger partial charge in [-0.15, -0.1) is 0 Å². The molecule has 168 valence electrons. The standard InChI is InChI=1S/C24H26N2O6/c27-23-21(9-15-1-5-17(6-2-15)29-11-19-13-31-19)25-24(28)22(26-23)10-16-3-7-18(8-4-16)30-12-20-14-32-20/h1-8,19-22H,9-14H2,(H,25,28)(H,26,27). The van der Waals surface area contributed by atoms with Crippen LogP contribution in [-0.4, -0.2) is 62.5 Å². The first kappa shape index (κ1) is 20.8. The summed E-state index contributed by atoms with van der Waals surface area (Å²) in [5.74, 6) is 1.17. The third-order valence-corrected chi connectivity index (χ3v) is 5.67. The first-order valence-corrected chi connectivity index (χ1v) is 10.9. The smallest absolute Gasteiger partial charge is 0.243 e. The second-order valence-electron chi connectivity index (χ2n) is 8.35. The molecule has 2 aromatic carbocycles. The Kier molecular flexibility index (Phi) is 5.96. The van der Waals surface area contributed by atoms with Gasteiger partial charge in [0.2, 0.25) is 11.8 Å². The van der Waals surface area contributed by atoms with Gasteiger partial charge in [-0.1, -0.05) is 24.3 Å². The number of piperazine rings is 1. The van der Waals surface area contributed by atoms with E-state index in [1.54, 1.807) is 0 Å². The Hall–Kier alpha value is -3.10. The molecule has 0 aliphatic carbocycles. The third kappa shape index (κ3) is 5.57. The molecule has 3 fully saturated rings. The highest BCUT2D eigenvalue weighted by molar-refractivity contribution is 5.97. The molecule has 0 aromatic heterocycles. The van der Waals surface area contributed by atoms with Crippen LogP contribution in [0.25, 0.3) is 0 Å². The SMILES string of the molecule is O=C1NC(Cc2ccc(OCC3CO3)cc2)C(=O)NC1Cc1ccc(OCC2CO2)cc1. The van der Waals surface area contributed by atoms with Gasteiger partial charge in [0.1, 0.15) is 49.0 Å². The first-order valence-electron chi connectivity index (χ1n) is 10.9. The molecule has 2 amide bonds. The van der Waals surface area contributed by atoms with Crippen molar-refractivity contribution < 1.29 is 28.5 Å². The summed E-state index contributed by atoms with van der Waals surface area (Å²) in [5.41, 5.74) is 1.90. The lowest BCUT2D eigenvalue weighted by atomic mass is 9.98. The highest BCUT2D eigenvalue weighted by atomic mass is 16.6. The van der Waals surface area contributed by atoms with Crippen LogP contribution in [0.4, 0.5) is 0 Å². The van der Waals surface area contributed by atoms with Crippen molar-refractivity contribution in [1.82, 2.24) is 10.6 Å². The number of benzene rings is 2. The summed E-state index contributed by atoms with van der Waals surface area (Å²) in [6.45, 7) is 2.61. The second-order valence-corrected chi connectivity index (χ2v) is 8.35. The van der Waals surface area contributed by atoms with E-state index in [-0.39, 0.29) is 24.0 Å². The van der Waals surface area contributed by atoms with E-state index in [0.29, 0.717) is 26.1 Å². The number of rotatable bonds is 10. The van der Waals surface area contributed by atoms with Gasteiger partial charge < -0.3 is 29.6 Å². The van der Waals surface area contributed by atoms with Crippen LogP contribution in [0.15, 0.2) is 48.5 Å². The number of nitrogens with one attached hydrogen (secondary N) is 2. The molecule has 0 saturated carbocycles. The van der Waals surface area contributed by atoms with Gasteiger partial charge in [-0.3, -0.25) is 9.59 Å². The lowest BCUT2D eigenvalue weighted by Gasteiger charge is -2.29. The van der Waals surface area contributed by atoms with Gasteiger partial charge in [0.15, 0.2) is 0 Å². The molecule has 2 aromatic rings. The summed E-state index contributed by atoms with van der Waals surface area (Å²) in [7, 11) is 0. The lowest BCUT2D eigenvalue weighted by molar-refractivity contribution is -0.136. The summed E-state index contributed by atoms with van der Waals surface area (Å²) < 4.78 is 21.5. The summed E-state index contributed by atoms with van der Waals surface area (Å²) in [5, 5.41) is 5.72. The van der Waals surface area contributed by atoms with Crippen LogP contribution in [0.3, 0.4) is 0 Å². The molecule has 3 heterocycles. The molecule has 8 heteroatoms. The normalized spacial score (nSPS) is 26.1. The van der Waals surface area contributed by atoms with E-state index in [1.165, 1.54) is 0 Å². The molecule has 5 rings (SSSR count). The molecule has 32 heavy (non-hydrogen) atoms. The van der Waals surface area contributed by atoms with Crippen molar-refractivity contribution in [3.63, 3.8) is 0 Å². The molecule has 4 unspecified atom stereocenters. The van der Waals surface area contributed by atoms with E-state index >= 15 is 0 Å². The Bertz CT molecular complexity index is 874. The fourth-order valence-corrected chi connectivity index (χ4v) is 3.58. The Labute approximate surface area is 186 Å². The largest absolute Gasteiger partial charge is 0.491 e. The van der Waals surface area contributed by atoms with E-state index in [2.05, 4.69) is 10.6 Å². The van der Waals surface area contributed by atoms with Crippen LogP contribution in [-0.2, 0) is 31.9 Å². The molecule has 4 atom stereocenters. The maximum atomic E-state index is 12.6. The predicted molar refractivity (Wildman–Crippen MR) is 115 cm³/mol. The molecule has 2 N–H and O–H groups in total. The topological polar surface area (TPSA) is 102 Å². The zero-order chi connectivity index (χ0) is 21.9. The van der Waals surface area contributed by atoms with Crippen LogP contribution in [0.5, 0.6) is 11.5 Å². The fraction of sp³-hybridized carbons (Fsp3) is 0.417. The van der Waals surface area contributed by atoms with Crippen molar-refractivity contribution in [3.05, 3.63) is 59.7 Å². The third-order valence-electron chi connectivity index (χ3n) is 5.67. The van der Waals surface area contributed by atoms with Gasteiger partial charge in [0, 0.05) is 12.8 Å². The summed E-state index contributed by atoms with van der Waals surface area (Å²) in [6, 6.07) is 13.9. The van der Waals surface area contributed by atoms with Crippen LogP contribution in [0.2, 0.25) is 0 Å². The maximum Gasteiger partial charge on any atom is 0.243 e. The Morgan fingerprint density at radius 2 is 1.06 bits per heavy atom. The highest BCUT2D eigenvalue weighted by Crippen LogP contribution is 2.19. The summed E-state index contributed by atoms with van der Waals surface area (Å²) in [6.07, 6.45) is 1.26. The minimum Gasteiger partial charge on any atom is -0.491 e. The zero-order valence-electron chi connectivity index (χ0n) is 17.6. The molecule has 3 saturated heterocycles. The monoisotopic (exact) mass is 438 g/mol. The van der Waals surface area contributed by atoms with Gasteiger partial charge in [0.25, 0.3) is 0 Å². The molecule has 0 bridgehead atoms. The molecule has 3 aliphatic rings. The lowest BCUT2D eigenvalue weighted by Crippen LogP contribution is -2.62. The van der Waals surface area contributed by atoms with Crippen molar-refractivity contribution >= 4 is 11.8 Å². The highest BCUT2D eigenvalue weighted by Gasteiger charge is 2.33. The van der Waals surface area contributed by atoms with Crippen molar-refractivity contribution in [3.8, 4) is 11.5 Å². The number of epoxide rings is 2. The zero-order valence-corrected chi connectivity index (χ0v) is 17.6. The fourth-order valence-electron chi connectivity index (χ4n) is 3.58. The first-order chi connectivity index (χ1) is 15.6. The average molecular weight is 438 g/mol. The predicted octanol–water partition coefficient (Wildman–Crippen LogP) is 1.01. The maximum absolute atomic E-state index is 12.6. The number of carbonyl (C=O) groups is 2. The number of hydrogen-bond acceptors (Lipinski definition) is 6. The summed E-state index contributed by atoms with van der Waals surface area (Å²) in [4.78, 5) is 25.2. The van der Waals surface area contributed by atoms with Gasteiger partial charge >= 0.3 is 0 Å². The Morgan fingerprint density at radius 1 is 0.688 bits per heavy atom. The van der Waals surface area contributed by atoms with Gasteiger partial charge in [-0.05, 0) is 35.4 Å². The van der Waals surface area contributed by atoms with Crippen molar-refractivity contribution in [2.75, 3.05) is 26.4 Å². The second kappa shape index (κ2) is 9.18. The number of hydrogen-bond donors (Lipinski definition) is 2. The van der Waals surface area contributed by atoms with Crippen molar-refractivity contribution in [1.29, 1.82) is 0 Å². The quantitative estimate of drug-likeness (QED) is 0.537. The molecule has 0 spiro atoms. The van der Waals surface area contributed by atoms with Gasteiger partial charge in [-0.25, -0.2) is 0 Å². The number of ether oxygens (including phenoxy) is 4. The molecule has 0 radical (unpaired) electrons. The van der Waals surface area contributed by atoms with Crippen LogP contribution >= 0.6 is 0 Å². The molecule has 8 nitrogen and oxygen atoms in total. The van der Waals surface area contributed by atoms with Crippen molar-refractivity contribution in [2.45, 2.75) is 37.1 Å². The molecule has 3 aliphatic heterocycles. The van der Waals surface area contributed by atoms with Gasteiger partial charge in [0.05, 0.1) is 13.2 Å².